The molecule has 8 nitrogen and oxygen atoms in total. The fraction of sp³-hybridized carbons (Fsp3) is 0.269. The van der Waals surface area contributed by atoms with Crippen LogP contribution in [0, 0.1) is 11.3 Å². The number of carbonyl (C=O) groups excluding carboxylic acids is 2. The third-order valence-corrected chi connectivity index (χ3v) is 5.62. The number of anilines is 1. The molecule has 1 aliphatic heterocycles. The van der Waals surface area contributed by atoms with Crippen LogP contribution in [0.3, 0.4) is 0 Å². The zero-order valence-corrected chi connectivity index (χ0v) is 19.6. The smallest absolute Gasteiger partial charge is 0.355 e. The molecule has 0 spiro atoms. The summed E-state index contributed by atoms with van der Waals surface area (Å²) >= 11 is 0. The minimum Gasteiger partial charge on any atom is -0.491 e. The first-order chi connectivity index (χ1) is 16.4. The molecular formula is C26H27N3O5. The highest BCUT2D eigenvalue weighted by Crippen LogP contribution is 2.43. The summed E-state index contributed by atoms with van der Waals surface area (Å²) in [6, 6.07) is 17.8. The highest BCUT2D eigenvalue weighted by Gasteiger charge is 2.42. The molecule has 0 fully saturated rings. The molecule has 0 radical (unpaired) electrons. The maximum absolute atomic E-state index is 13.0. The molecule has 1 aliphatic rings. The van der Waals surface area contributed by atoms with Crippen molar-refractivity contribution in [2.75, 3.05) is 19.1 Å². The first-order valence-corrected chi connectivity index (χ1v) is 10.8. The molecular weight excluding hydrogens is 434 g/mol. The van der Waals surface area contributed by atoms with Crippen molar-refractivity contribution in [3.63, 3.8) is 0 Å². The van der Waals surface area contributed by atoms with E-state index in [9.17, 15) is 14.9 Å². The molecule has 2 N–H and O–H groups in total. The SMILES string of the molecule is CCC(C)Oc1ccc(N2C(N)=C(C#N)C(c3ccccc3)C(C(=O)OC)=C2C(=O)OC)cc1. The van der Waals surface area contributed by atoms with Crippen LogP contribution in [0.1, 0.15) is 31.7 Å². The second-order valence-corrected chi connectivity index (χ2v) is 7.67. The van der Waals surface area contributed by atoms with Gasteiger partial charge in [0.25, 0.3) is 0 Å². The van der Waals surface area contributed by atoms with Crippen LogP contribution in [0.25, 0.3) is 0 Å². The normalized spacial score (nSPS) is 16.6. The summed E-state index contributed by atoms with van der Waals surface area (Å²) in [5.41, 5.74) is 7.50. The maximum Gasteiger partial charge on any atom is 0.355 e. The summed E-state index contributed by atoms with van der Waals surface area (Å²) in [6.07, 6.45) is 0.868. The van der Waals surface area contributed by atoms with Gasteiger partial charge in [0.1, 0.15) is 17.3 Å². The molecule has 176 valence electrons. The van der Waals surface area contributed by atoms with Gasteiger partial charge in [-0.3, -0.25) is 4.90 Å². The number of hydrogen-bond acceptors (Lipinski definition) is 8. The molecule has 2 atom stereocenters. The molecule has 2 unspecified atom stereocenters. The molecule has 1 heterocycles. The Labute approximate surface area is 198 Å². The lowest BCUT2D eigenvalue weighted by atomic mass is 9.81. The van der Waals surface area contributed by atoms with E-state index in [1.807, 2.05) is 19.9 Å². The van der Waals surface area contributed by atoms with Gasteiger partial charge < -0.3 is 19.9 Å². The first kappa shape index (κ1) is 24.4. The van der Waals surface area contributed by atoms with Crippen LogP contribution in [0.5, 0.6) is 5.75 Å². The van der Waals surface area contributed by atoms with E-state index >= 15 is 0 Å². The summed E-state index contributed by atoms with van der Waals surface area (Å²) in [5, 5.41) is 10.1. The average molecular weight is 462 g/mol. The molecule has 34 heavy (non-hydrogen) atoms. The third kappa shape index (κ3) is 4.59. The van der Waals surface area contributed by atoms with Crippen LogP contribution in [0.2, 0.25) is 0 Å². The van der Waals surface area contributed by atoms with Crippen molar-refractivity contribution in [3.8, 4) is 11.8 Å². The minimum absolute atomic E-state index is 0.0139. The highest BCUT2D eigenvalue weighted by atomic mass is 16.5. The van der Waals surface area contributed by atoms with Gasteiger partial charge in [-0.1, -0.05) is 37.3 Å². The van der Waals surface area contributed by atoms with E-state index in [0.717, 1.165) is 6.42 Å². The van der Waals surface area contributed by atoms with Gasteiger partial charge in [-0.25, -0.2) is 9.59 Å². The van der Waals surface area contributed by atoms with Crippen LogP contribution in [0.4, 0.5) is 5.69 Å². The Bertz CT molecular complexity index is 1160. The predicted molar refractivity (Wildman–Crippen MR) is 126 cm³/mol. The maximum atomic E-state index is 13.0. The highest BCUT2D eigenvalue weighted by molar-refractivity contribution is 6.06. The van der Waals surface area contributed by atoms with Gasteiger partial charge in [0.15, 0.2) is 0 Å². The van der Waals surface area contributed by atoms with E-state index in [0.29, 0.717) is 17.0 Å². The Balaban J connectivity index is 2.26. The summed E-state index contributed by atoms with van der Waals surface area (Å²) < 4.78 is 15.9. The number of nitriles is 1. The van der Waals surface area contributed by atoms with Crippen molar-refractivity contribution >= 4 is 17.6 Å². The van der Waals surface area contributed by atoms with Crippen LogP contribution in [0.15, 0.2) is 77.3 Å². The zero-order chi connectivity index (χ0) is 24.8. The Kier molecular flexibility index (Phi) is 7.59. The summed E-state index contributed by atoms with van der Waals surface area (Å²) in [6.45, 7) is 3.98. The van der Waals surface area contributed by atoms with Crippen LogP contribution < -0.4 is 15.4 Å². The largest absolute Gasteiger partial charge is 0.491 e. The number of methoxy groups -OCH3 is 2. The minimum atomic E-state index is -0.906. The van der Waals surface area contributed by atoms with Crippen molar-refractivity contribution in [1.29, 1.82) is 5.26 Å². The number of carbonyl (C=O) groups is 2. The molecule has 2 aromatic rings. The molecule has 0 saturated carbocycles. The molecule has 0 aromatic heterocycles. The van der Waals surface area contributed by atoms with E-state index in [1.54, 1.807) is 48.5 Å². The molecule has 8 heteroatoms. The van der Waals surface area contributed by atoms with Gasteiger partial charge in [-0.05, 0) is 43.2 Å². The Morgan fingerprint density at radius 1 is 1.06 bits per heavy atom. The molecule has 0 aliphatic carbocycles. The fourth-order valence-electron chi connectivity index (χ4n) is 3.77. The van der Waals surface area contributed by atoms with E-state index in [4.69, 9.17) is 19.9 Å². The lowest BCUT2D eigenvalue weighted by molar-refractivity contribution is -0.139. The quantitative estimate of drug-likeness (QED) is 0.620. The summed E-state index contributed by atoms with van der Waals surface area (Å²) in [5.74, 6) is -1.81. The second kappa shape index (κ2) is 10.6. The third-order valence-electron chi connectivity index (χ3n) is 5.62. The topological polar surface area (TPSA) is 115 Å². The van der Waals surface area contributed by atoms with Crippen LogP contribution in [-0.2, 0) is 19.1 Å². The average Bonchev–Trinajstić information content (AvgIpc) is 2.87. The molecule has 2 aromatic carbocycles. The predicted octanol–water partition coefficient (Wildman–Crippen LogP) is 3.76. The Hall–Kier alpha value is -4.25. The molecule has 0 amide bonds. The summed E-state index contributed by atoms with van der Waals surface area (Å²) in [4.78, 5) is 27.4. The van der Waals surface area contributed by atoms with Crippen molar-refractivity contribution in [1.82, 2.24) is 0 Å². The van der Waals surface area contributed by atoms with Gasteiger partial charge in [0.05, 0.1) is 43.5 Å². The number of nitrogens with two attached hydrogens (primary N) is 1. The van der Waals surface area contributed by atoms with E-state index < -0.39 is 17.9 Å². The zero-order valence-electron chi connectivity index (χ0n) is 19.6. The lowest BCUT2D eigenvalue weighted by Crippen LogP contribution is -2.40. The van der Waals surface area contributed by atoms with Crippen molar-refractivity contribution in [3.05, 3.63) is 82.8 Å². The van der Waals surface area contributed by atoms with Crippen LogP contribution >= 0.6 is 0 Å². The van der Waals surface area contributed by atoms with Crippen LogP contribution in [-0.4, -0.2) is 32.3 Å². The van der Waals surface area contributed by atoms with Crippen molar-refractivity contribution in [2.24, 2.45) is 5.73 Å². The Morgan fingerprint density at radius 2 is 1.68 bits per heavy atom. The number of benzene rings is 2. The fourth-order valence-corrected chi connectivity index (χ4v) is 3.77. The number of allylic oxidation sites excluding steroid dienone is 1. The standard InChI is InChI=1S/C26H27N3O5/c1-5-16(2)34-19-13-11-18(12-14-19)29-23(26(31)33-4)22(25(30)32-3)21(20(15-27)24(29)28)17-9-7-6-8-10-17/h6-14,16,21H,5,28H2,1-4H3. The van der Waals surface area contributed by atoms with Crippen molar-refractivity contribution in [2.45, 2.75) is 32.3 Å². The van der Waals surface area contributed by atoms with E-state index in [1.165, 1.54) is 19.1 Å². The number of esters is 2. The molecule has 0 bridgehead atoms. The van der Waals surface area contributed by atoms with Gasteiger partial charge in [-0.15, -0.1) is 0 Å². The van der Waals surface area contributed by atoms with Crippen molar-refractivity contribution < 1.29 is 23.8 Å². The van der Waals surface area contributed by atoms with Gasteiger partial charge in [0, 0.05) is 5.69 Å². The lowest BCUT2D eigenvalue weighted by Gasteiger charge is -2.35. The number of nitrogens with zero attached hydrogens (tertiary/aromatic N) is 2. The van der Waals surface area contributed by atoms with E-state index in [-0.39, 0.29) is 28.8 Å². The van der Waals surface area contributed by atoms with E-state index in [2.05, 4.69) is 6.07 Å². The van der Waals surface area contributed by atoms with Gasteiger partial charge in [-0.2, -0.15) is 5.26 Å². The molecule has 0 saturated heterocycles. The van der Waals surface area contributed by atoms with Gasteiger partial charge in [0.2, 0.25) is 0 Å². The van der Waals surface area contributed by atoms with Gasteiger partial charge >= 0.3 is 11.9 Å². The number of ether oxygens (including phenoxy) is 3. The number of rotatable bonds is 7. The first-order valence-electron chi connectivity index (χ1n) is 10.8. The molecule has 3 rings (SSSR count). The summed E-state index contributed by atoms with van der Waals surface area (Å²) in [7, 11) is 2.42. The Morgan fingerprint density at radius 3 is 2.21 bits per heavy atom. The monoisotopic (exact) mass is 461 g/mol. The second-order valence-electron chi connectivity index (χ2n) is 7.67. The number of hydrogen-bond donors (Lipinski definition) is 1.